The summed E-state index contributed by atoms with van der Waals surface area (Å²) in [6.07, 6.45) is 3.01. The van der Waals surface area contributed by atoms with Gasteiger partial charge in [0, 0.05) is 31.3 Å². The van der Waals surface area contributed by atoms with Gasteiger partial charge in [-0.2, -0.15) is 0 Å². The van der Waals surface area contributed by atoms with Gasteiger partial charge in [-0.05, 0) is 50.8 Å². The first-order valence-electron chi connectivity index (χ1n) is 10.0. The fourth-order valence-corrected chi connectivity index (χ4v) is 2.96. The molecule has 0 radical (unpaired) electrons. The van der Waals surface area contributed by atoms with E-state index in [1.165, 1.54) is 0 Å². The highest BCUT2D eigenvalue weighted by atomic mass is 16.5. The second-order valence-corrected chi connectivity index (χ2v) is 7.45. The van der Waals surface area contributed by atoms with Crippen LogP contribution in [0.1, 0.15) is 52.5 Å². The molecule has 27 heavy (non-hydrogen) atoms. The van der Waals surface area contributed by atoms with Gasteiger partial charge in [-0.3, -0.25) is 4.79 Å². The summed E-state index contributed by atoms with van der Waals surface area (Å²) in [5.41, 5.74) is 1.76. The van der Waals surface area contributed by atoms with Crippen LogP contribution >= 0.6 is 0 Å². The predicted molar refractivity (Wildman–Crippen MR) is 111 cm³/mol. The van der Waals surface area contributed by atoms with Gasteiger partial charge in [0.15, 0.2) is 5.96 Å². The molecule has 150 valence electrons. The Morgan fingerprint density at radius 2 is 2.15 bits per heavy atom. The summed E-state index contributed by atoms with van der Waals surface area (Å²) in [6, 6.07) is 7.86. The van der Waals surface area contributed by atoms with Gasteiger partial charge in [-0.25, -0.2) is 4.99 Å². The van der Waals surface area contributed by atoms with E-state index in [1.54, 1.807) is 0 Å². The van der Waals surface area contributed by atoms with Gasteiger partial charge in [0.25, 0.3) is 0 Å². The quantitative estimate of drug-likeness (QED) is 0.482. The third-order valence-corrected chi connectivity index (χ3v) is 4.95. The van der Waals surface area contributed by atoms with Crippen LogP contribution in [0.3, 0.4) is 0 Å². The average molecular weight is 375 g/mol. The van der Waals surface area contributed by atoms with Crippen LogP contribution in [-0.4, -0.2) is 37.2 Å². The number of benzene rings is 1. The highest BCUT2D eigenvalue weighted by Crippen LogP contribution is 2.23. The number of ether oxygens (including phenoxy) is 1. The first kappa shape index (κ1) is 21.2. The Kier molecular flexibility index (Phi) is 8.10. The number of guanidine groups is 1. The molecule has 1 aliphatic rings. The number of nitrogens with one attached hydrogen (secondary N) is 3. The van der Waals surface area contributed by atoms with Gasteiger partial charge in [0.1, 0.15) is 0 Å². The third-order valence-electron chi connectivity index (χ3n) is 4.95. The van der Waals surface area contributed by atoms with E-state index in [4.69, 9.17) is 4.74 Å². The lowest BCUT2D eigenvalue weighted by molar-refractivity contribution is -0.119. The van der Waals surface area contributed by atoms with Crippen LogP contribution in [0.4, 0.5) is 5.69 Å². The van der Waals surface area contributed by atoms with Crippen molar-refractivity contribution in [3.63, 3.8) is 0 Å². The van der Waals surface area contributed by atoms with Gasteiger partial charge in [0.2, 0.25) is 5.91 Å². The molecule has 1 heterocycles. The van der Waals surface area contributed by atoms with Crippen molar-refractivity contribution in [2.45, 2.75) is 59.1 Å². The van der Waals surface area contributed by atoms with Crippen LogP contribution < -0.4 is 16.0 Å². The zero-order valence-electron chi connectivity index (χ0n) is 17.1. The number of anilines is 1. The lowest BCUT2D eigenvalue weighted by Crippen LogP contribution is -2.45. The molecule has 0 spiro atoms. The van der Waals surface area contributed by atoms with E-state index in [0.29, 0.717) is 6.54 Å². The molecule has 2 atom stereocenters. The van der Waals surface area contributed by atoms with Crippen LogP contribution in [0, 0.1) is 5.92 Å². The Balaban J connectivity index is 1.96. The first-order valence-corrected chi connectivity index (χ1v) is 10.0. The number of hydrogen-bond donors (Lipinski definition) is 3. The van der Waals surface area contributed by atoms with Crippen molar-refractivity contribution < 1.29 is 9.53 Å². The normalized spacial score (nSPS) is 21.0. The van der Waals surface area contributed by atoms with Gasteiger partial charge < -0.3 is 20.7 Å². The maximum atomic E-state index is 12.1. The van der Waals surface area contributed by atoms with E-state index < -0.39 is 0 Å². The smallest absolute Gasteiger partial charge is 0.227 e. The Bertz CT molecular complexity index is 639. The van der Waals surface area contributed by atoms with Crippen molar-refractivity contribution in [3.05, 3.63) is 29.8 Å². The molecule has 6 nitrogen and oxygen atoms in total. The number of rotatable bonds is 8. The molecule has 2 rings (SSSR count). The lowest BCUT2D eigenvalue weighted by Gasteiger charge is -2.24. The lowest BCUT2D eigenvalue weighted by atomic mass is 10.0. The second-order valence-electron chi connectivity index (χ2n) is 7.45. The SMILES string of the molecule is CCNC(=NCc1cccc(NC(=O)C(C)CC)c1)NCC1(C)CCCO1. The standard InChI is InChI=1S/C21H34N4O2/c1-5-16(3)19(26)25-18-10-7-9-17(13-18)14-23-20(22-6-2)24-15-21(4)11-8-12-27-21/h7,9-10,13,16H,5-6,8,11-12,14-15H2,1-4H3,(H,25,26)(H2,22,23,24). The molecule has 2 unspecified atom stereocenters. The maximum Gasteiger partial charge on any atom is 0.227 e. The second kappa shape index (κ2) is 10.3. The highest BCUT2D eigenvalue weighted by Gasteiger charge is 2.29. The van der Waals surface area contributed by atoms with Gasteiger partial charge in [-0.1, -0.05) is 26.0 Å². The van der Waals surface area contributed by atoms with E-state index in [1.807, 2.05) is 38.1 Å². The molecular weight excluding hydrogens is 340 g/mol. The van der Waals surface area contributed by atoms with Gasteiger partial charge in [0.05, 0.1) is 12.1 Å². The number of aliphatic imine (C=N–C) groups is 1. The van der Waals surface area contributed by atoms with Crippen LogP contribution in [0.15, 0.2) is 29.3 Å². The maximum absolute atomic E-state index is 12.1. The van der Waals surface area contributed by atoms with Crippen molar-refractivity contribution in [1.29, 1.82) is 0 Å². The van der Waals surface area contributed by atoms with Crippen LogP contribution in [-0.2, 0) is 16.1 Å². The number of amides is 1. The van der Waals surface area contributed by atoms with Crippen molar-refractivity contribution >= 4 is 17.6 Å². The number of nitrogens with zero attached hydrogens (tertiary/aromatic N) is 1. The molecule has 1 fully saturated rings. The number of carbonyl (C=O) groups is 1. The Labute approximate surface area is 163 Å². The summed E-state index contributed by atoms with van der Waals surface area (Å²) in [4.78, 5) is 16.8. The molecule has 6 heteroatoms. The molecule has 0 aliphatic carbocycles. The van der Waals surface area contributed by atoms with Crippen LogP contribution in [0.2, 0.25) is 0 Å². The molecule has 1 aliphatic heterocycles. The number of carbonyl (C=O) groups excluding carboxylic acids is 1. The molecule has 1 amide bonds. The van der Waals surface area contributed by atoms with E-state index in [0.717, 1.165) is 56.2 Å². The first-order chi connectivity index (χ1) is 13.0. The van der Waals surface area contributed by atoms with Crippen molar-refractivity contribution in [1.82, 2.24) is 10.6 Å². The molecule has 0 saturated carbocycles. The van der Waals surface area contributed by atoms with Crippen molar-refractivity contribution in [2.24, 2.45) is 10.9 Å². The molecular formula is C21H34N4O2. The molecule has 1 aromatic carbocycles. The Morgan fingerprint density at radius 3 is 2.81 bits per heavy atom. The number of hydrogen-bond acceptors (Lipinski definition) is 3. The van der Waals surface area contributed by atoms with E-state index in [2.05, 4.69) is 34.8 Å². The minimum Gasteiger partial charge on any atom is -0.373 e. The molecule has 0 bridgehead atoms. The van der Waals surface area contributed by atoms with Gasteiger partial charge in [-0.15, -0.1) is 0 Å². The summed E-state index contributed by atoms with van der Waals surface area (Å²) in [6.45, 7) is 11.1. The molecule has 1 saturated heterocycles. The third kappa shape index (κ3) is 6.86. The Hall–Kier alpha value is -2.08. The zero-order valence-corrected chi connectivity index (χ0v) is 17.1. The summed E-state index contributed by atoms with van der Waals surface area (Å²) in [5.74, 6) is 0.844. The summed E-state index contributed by atoms with van der Waals surface area (Å²) < 4.78 is 5.83. The highest BCUT2D eigenvalue weighted by molar-refractivity contribution is 5.92. The van der Waals surface area contributed by atoms with E-state index >= 15 is 0 Å². The Morgan fingerprint density at radius 1 is 1.33 bits per heavy atom. The zero-order chi connectivity index (χ0) is 19.7. The van der Waals surface area contributed by atoms with Gasteiger partial charge >= 0.3 is 0 Å². The fraction of sp³-hybridized carbons (Fsp3) is 0.619. The molecule has 0 aromatic heterocycles. The largest absolute Gasteiger partial charge is 0.373 e. The minimum atomic E-state index is -0.115. The van der Waals surface area contributed by atoms with Crippen molar-refractivity contribution in [3.8, 4) is 0 Å². The van der Waals surface area contributed by atoms with E-state index in [-0.39, 0.29) is 17.4 Å². The minimum absolute atomic E-state index is 0.00963. The summed E-state index contributed by atoms with van der Waals surface area (Å²) in [5, 5.41) is 9.64. The van der Waals surface area contributed by atoms with E-state index in [9.17, 15) is 4.79 Å². The van der Waals surface area contributed by atoms with Crippen LogP contribution in [0.5, 0.6) is 0 Å². The van der Waals surface area contributed by atoms with Crippen LogP contribution in [0.25, 0.3) is 0 Å². The van der Waals surface area contributed by atoms with Crippen molar-refractivity contribution in [2.75, 3.05) is 25.0 Å². The summed E-state index contributed by atoms with van der Waals surface area (Å²) in [7, 11) is 0. The molecule has 1 aromatic rings. The predicted octanol–water partition coefficient (Wildman–Crippen LogP) is 3.30. The molecule has 3 N–H and O–H groups in total. The topological polar surface area (TPSA) is 74.8 Å². The monoisotopic (exact) mass is 374 g/mol. The fourth-order valence-electron chi connectivity index (χ4n) is 2.96. The average Bonchev–Trinajstić information content (AvgIpc) is 3.10. The summed E-state index contributed by atoms with van der Waals surface area (Å²) >= 11 is 0.